The van der Waals surface area contributed by atoms with Crippen LogP contribution >= 0.6 is 0 Å². The highest BCUT2D eigenvalue weighted by Gasteiger charge is 2.20. The Balaban J connectivity index is 1.19. The van der Waals surface area contributed by atoms with Crippen LogP contribution in [0.25, 0.3) is 99.1 Å². The first-order chi connectivity index (χ1) is 25.3. The lowest BCUT2D eigenvalue weighted by atomic mass is 9.85. The van der Waals surface area contributed by atoms with Crippen LogP contribution in [0.5, 0.6) is 0 Å². The van der Waals surface area contributed by atoms with Crippen molar-refractivity contribution in [2.75, 3.05) is 0 Å². The van der Waals surface area contributed by atoms with Crippen LogP contribution < -0.4 is 0 Å². The minimum atomic E-state index is 0.889. The van der Waals surface area contributed by atoms with Crippen LogP contribution in [-0.4, -0.2) is 0 Å². The smallest absolute Gasteiger partial charge is 0.136 e. The molecule has 0 N–H and O–H groups in total. The molecule has 0 aliphatic heterocycles. The van der Waals surface area contributed by atoms with Gasteiger partial charge in [-0.05, 0) is 95.4 Å². The molecule has 0 atom stereocenters. The van der Waals surface area contributed by atoms with Gasteiger partial charge in [0.2, 0.25) is 0 Å². The average Bonchev–Trinajstić information content (AvgIpc) is 3.59. The Morgan fingerprint density at radius 3 is 1.37 bits per heavy atom. The van der Waals surface area contributed by atoms with Gasteiger partial charge in [-0.2, -0.15) is 0 Å². The molecule has 9 aromatic carbocycles. The van der Waals surface area contributed by atoms with E-state index < -0.39 is 0 Å². The van der Waals surface area contributed by atoms with Crippen LogP contribution in [0.4, 0.5) is 0 Å². The van der Waals surface area contributed by atoms with Crippen LogP contribution in [0.3, 0.4) is 0 Å². The minimum Gasteiger partial charge on any atom is -0.456 e. The quantitative estimate of drug-likeness (QED) is 0.169. The monoisotopic (exact) mass is 648 g/mol. The molecule has 0 aliphatic rings. The summed E-state index contributed by atoms with van der Waals surface area (Å²) in [4.78, 5) is 0. The molecule has 0 saturated heterocycles. The van der Waals surface area contributed by atoms with Crippen LogP contribution in [0, 0.1) is 0 Å². The van der Waals surface area contributed by atoms with Crippen molar-refractivity contribution in [1.29, 1.82) is 0 Å². The molecule has 1 aromatic heterocycles. The molecule has 0 spiro atoms. The Bertz CT molecular complexity index is 2820. The second-order valence-corrected chi connectivity index (χ2v) is 13.2. The molecule has 10 rings (SSSR count). The number of hydrogen-bond donors (Lipinski definition) is 0. The fraction of sp³-hybridized carbons (Fsp3) is 0. The molecule has 0 saturated carbocycles. The van der Waals surface area contributed by atoms with Crippen LogP contribution in [-0.2, 0) is 0 Å². The predicted molar refractivity (Wildman–Crippen MR) is 216 cm³/mol. The average molecular weight is 649 g/mol. The molecule has 0 bridgehead atoms. The van der Waals surface area contributed by atoms with Crippen molar-refractivity contribution in [2.24, 2.45) is 0 Å². The molecule has 1 heterocycles. The first kappa shape index (κ1) is 29.2. The van der Waals surface area contributed by atoms with Crippen molar-refractivity contribution < 1.29 is 4.42 Å². The first-order valence-electron chi connectivity index (χ1n) is 17.5. The normalized spacial score (nSPS) is 11.5. The number of furan rings is 1. The van der Waals surface area contributed by atoms with E-state index in [1.807, 2.05) is 0 Å². The summed E-state index contributed by atoms with van der Waals surface area (Å²) in [6.45, 7) is 0. The van der Waals surface area contributed by atoms with Gasteiger partial charge >= 0.3 is 0 Å². The number of fused-ring (bicyclic) bond motifs is 5. The maximum absolute atomic E-state index is 6.59. The van der Waals surface area contributed by atoms with Crippen molar-refractivity contribution in [3.8, 4) is 55.6 Å². The van der Waals surface area contributed by atoms with Gasteiger partial charge in [0.1, 0.15) is 11.2 Å². The van der Waals surface area contributed by atoms with E-state index in [0.29, 0.717) is 0 Å². The van der Waals surface area contributed by atoms with Crippen molar-refractivity contribution >= 4 is 43.5 Å². The number of benzene rings is 9. The van der Waals surface area contributed by atoms with Gasteiger partial charge in [-0.3, -0.25) is 0 Å². The van der Waals surface area contributed by atoms with Crippen molar-refractivity contribution in [3.05, 3.63) is 194 Å². The molecule has 1 heteroatoms. The van der Waals surface area contributed by atoms with E-state index in [9.17, 15) is 0 Å². The van der Waals surface area contributed by atoms with Crippen LogP contribution in [0.15, 0.2) is 199 Å². The predicted octanol–water partition coefficient (Wildman–Crippen LogP) is 14.2. The zero-order chi connectivity index (χ0) is 33.7. The van der Waals surface area contributed by atoms with E-state index in [0.717, 1.165) is 27.5 Å². The third-order valence-corrected chi connectivity index (χ3v) is 10.3. The molecule has 0 amide bonds. The maximum Gasteiger partial charge on any atom is 0.136 e. The van der Waals surface area contributed by atoms with Crippen LogP contribution in [0.1, 0.15) is 0 Å². The second-order valence-electron chi connectivity index (χ2n) is 13.2. The highest BCUT2D eigenvalue weighted by Crippen LogP contribution is 2.47. The van der Waals surface area contributed by atoms with Gasteiger partial charge in [-0.1, -0.05) is 176 Å². The molecule has 238 valence electrons. The number of hydrogen-bond acceptors (Lipinski definition) is 1. The zero-order valence-corrected chi connectivity index (χ0v) is 27.9. The fourth-order valence-electron chi connectivity index (χ4n) is 8.00. The Labute approximate surface area is 296 Å². The molecule has 0 radical (unpaired) electrons. The van der Waals surface area contributed by atoms with Crippen LogP contribution in [0.2, 0.25) is 0 Å². The molecule has 10 aromatic rings. The largest absolute Gasteiger partial charge is 0.456 e. The molecular formula is C50H32O. The summed E-state index contributed by atoms with van der Waals surface area (Å²) in [5, 5.41) is 7.22. The molecule has 0 unspecified atom stereocenters. The molecule has 0 aliphatic carbocycles. The van der Waals surface area contributed by atoms with Crippen molar-refractivity contribution in [3.63, 3.8) is 0 Å². The summed E-state index contributed by atoms with van der Waals surface area (Å²) >= 11 is 0. The molecule has 51 heavy (non-hydrogen) atoms. The van der Waals surface area contributed by atoms with Gasteiger partial charge in [0.15, 0.2) is 0 Å². The van der Waals surface area contributed by atoms with E-state index in [4.69, 9.17) is 4.42 Å². The maximum atomic E-state index is 6.59. The Morgan fingerprint density at radius 2 is 0.725 bits per heavy atom. The first-order valence-corrected chi connectivity index (χ1v) is 17.5. The lowest BCUT2D eigenvalue weighted by Crippen LogP contribution is -1.91. The zero-order valence-electron chi connectivity index (χ0n) is 27.9. The molecule has 0 fully saturated rings. The van der Waals surface area contributed by atoms with E-state index >= 15 is 0 Å². The topological polar surface area (TPSA) is 13.1 Å². The van der Waals surface area contributed by atoms with Crippen molar-refractivity contribution in [2.45, 2.75) is 0 Å². The molecular weight excluding hydrogens is 617 g/mol. The van der Waals surface area contributed by atoms with E-state index in [-0.39, 0.29) is 0 Å². The van der Waals surface area contributed by atoms with Crippen molar-refractivity contribution in [1.82, 2.24) is 0 Å². The number of rotatable bonds is 5. The third-order valence-electron chi connectivity index (χ3n) is 10.3. The van der Waals surface area contributed by atoms with E-state index in [1.165, 1.54) is 71.6 Å². The Morgan fingerprint density at radius 1 is 0.255 bits per heavy atom. The van der Waals surface area contributed by atoms with Gasteiger partial charge in [0, 0.05) is 10.8 Å². The van der Waals surface area contributed by atoms with Gasteiger partial charge < -0.3 is 4.42 Å². The standard InChI is InChI=1S/C50H32O/c1-3-14-33(15-4-1)34-26-28-35(29-27-34)38-18-7-8-19-39(38)37-30-31-46-45(32-37)50-44(24-13-25-47(50)51-46)49-42-22-11-9-20-40(42)48(36-16-5-2-6-17-36)41-21-10-12-23-43(41)49/h1-32H. The lowest BCUT2D eigenvalue weighted by Gasteiger charge is -2.18. The van der Waals surface area contributed by atoms with E-state index in [2.05, 4.69) is 194 Å². The van der Waals surface area contributed by atoms with Gasteiger partial charge in [-0.15, -0.1) is 0 Å². The van der Waals surface area contributed by atoms with Gasteiger partial charge in [0.25, 0.3) is 0 Å². The second kappa shape index (κ2) is 12.0. The SMILES string of the molecule is c1ccc(-c2ccc(-c3ccccc3-c3ccc4oc5cccc(-c6c7ccccc7c(-c7ccccc7)c7ccccc67)c5c4c3)cc2)cc1. The summed E-state index contributed by atoms with van der Waals surface area (Å²) in [5.74, 6) is 0. The Hall–Kier alpha value is -6.70. The minimum absolute atomic E-state index is 0.889. The third kappa shape index (κ3) is 4.86. The summed E-state index contributed by atoms with van der Waals surface area (Å²) in [7, 11) is 0. The lowest BCUT2D eigenvalue weighted by molar-refractivity contribution is 0.669. The highest BCUT2D eigenvalue weighted by atomic mass is 16.3. The fourth-order valence-corrected chi connectivity index (χ4v) is 8.00. The van der Waals surface area contributed by atoms with Gasteiger partial charge in [0.05, 0.1) is 0 Å². The summed E-state index contributed by atoms with van der Waals surface area (Å²) in [6.07, 6.45) is 0. The highest BCUT2D eigenvalue weighted by molar-refractivity contribution is 6.25. The summed E-state index contributed by atoms with van der Waals surface area (Å²) in [5.41, 5.74) is 13.9. The summed E-state index contributed by atoms with van der Waals surface area (Å²) < 4.78 is 6.59. The summed E-state index contributed by atoms with van der Waals surface area (Å²) in [6, 6.07) is 69.8. The Kier molecular flexibility index (Phi) is 6.89. The van der Waals surface area contributed by atoms with Gasteiger partial charge in [-0.25, -0.2) is 0 Å². The van der Waals surface area contributed by atoms with E-state index in [1.54, 1.807) is 0 Å². The molecule has 1 nitrogen and oxygen atoms in total.